The number of hydrogen-bond donors (Lipinski definition) is 0. The van der Waals surface area contributed by atoms with Crippen LogP contribution in [-0.2, 0) is 28.5 Å². The number of carbonyl (C=O) groups is 1. The Morgan fingerprint density at radius 3 is 1.44 bits per heavy atom. The van der Waals surface area contributed by atoms with Gasteiger partial charge in [0.15, 0.2) is 0 Å². The van der Waals surface area contributed by atoms with E-state index in [1.807, 2.05) is 0 Å². The first-order chi connectivity index (χ1) is 17.7. The summed E-state index contributed by atoms with van der Waals surface area (Å²) < 4.78 is 27.4. The van der Waals surface area contributed by atoms with Crippen molar-refractivity contribution >= 4 is 5.97 Å². The van der Waals surface area contributed by atoms with E-state index in [0.717, 1.165) is 31.8 Å². The highest BCUT2D eigenvalue weighted by molar-refractivity contribution is 5.69. The Morgan fingerprint density at radius 1 is 0.500 bits per heavy atom. The molecule has 0 saturated carbocycles. The van der Waals surface area contributed by atoms with Crippen LogP contribution in [0.3, 0.4) is 0 Å². The number of unbranched alkanes of at least 4 members (excludes halogenated alkanes) is 11. The van der Waals surface area contributed by atoms with E-state index in [9.17, 15) is 4.79 Å². The quantitative estimate of drug-likeness (QED) is 0.0727. The molecule has 0 aliphatic rings. The highest BCUT2D eigenvalue weighted by atomic mass is 16.6. The summed E-state index contributed by atoms with van der Waals surface area (Å²) in [6.45, 7) is 12.2. The summed E-state index contributed by atoms with van der Waals surface area (Å²) in [6.07, 6.45) is 19.0. The van der Waals surface area contributed by atoms with Crippen LogP contribution in [0, 0.1) is 5.92 Å². The van der Waals surface area contributed by atoms with E-state index >= 15 is 0 Å². The summed E-state index contributed by atoms with van der Waals surface area (Å²) in [5.41, 5.74) is 0. The topological polar surface area (TPSA) is 63.2 Å². The molecule has 0 aliphatic carbocycles. The standard InChI is InChI=1S/C30H60O6/c1-4-5-6-7-8-9-10-12-15-20-32-23-25-34-27-28-35-26-24-33-21-17-19-30(31)36-22-16-13-11-14-18-29(2)3/h29H,4-28H2,1-3H3. The van der Waals surface area contributed by atoms with Gasteiger partial charge >= 0.3 is 5.97 Å². The zero-order valence-electron chi connectivity index (χ0n) is 24.2. The van der Waals surface area contributed by atoms with Crippen LogP contribution in [0.5, 0.6) is 0 Å². The van der Waals surface area contributed by atoms with Gasteiger partial charge in [-0.1, -0.05) is 97.8 Å². The molecule has 36 heavy (non-hydrogen) atoms. The molecule has 0 aromatic heterocycles. The highest BCUT2D eigenvalue weighted by Gasteiger charge is 2.03. The van der Waals surface area contributed by atoms with Gasteiger partial charge in [-0.2, -0.15) is 0 Å². The first-order valence-corrected chi connectivity index (χ1v) is 15.1. The van der Waals surface area contributed by atoms with Crippen LogP contribution in [0.15, 0.2) is 0 Å². The summed E-state index contributed by atoms with van der Waals surface area (Å²) >= 11 is 0. The lowest BCUT2D eigenvalue weighted by molar-refractivity contribution is -0.144. The second-order valence-electron chi connectivity index (χ2n) is 10.2. The van der Waals surface area contributed by atoms with Crippen molar-refractivity contribution in [1.82, 2.24) is 0 Å². The second-order valence-corrected chi connectivity index (χ2v) is 10.2. The molecule has 6 heteroatoms. The molecule has 0 heterocycles. The van der Waals surface area contributed by atoms with Crippen molar-refractivity contribution in [1.29, 1.82) is 0 Å². The van der Waals surface area contributed by atoms with Gasteiger partial charge in [0.2, 0.25) is 0 Å². The molecule has 0 fully saturated rings. The van der Waals surface area contributed by atoms with Crippen molar-refractivity contribution in [2.45, 2.75) is 124 Å². The molecule has 0 aliphatic heterocycles. The van der Waals surface area contributed by atoms with E-state index in [4.69, 9.17) is 23.7 Å². The first-order valence-electron chi connectivity index (χ1n) is 15.1. The van der Waals surface area contributed by atoms with Gasteiger partial charge < -0.3 is 23.7 Å². The average molecular weight is 517 g/mol. The fourth-order valence-electron chi connectivity index (χ4n) is 3.86. The third kappa shape index (κ3) is 31.3. The van der Waals surface area contributed by atoms with Gasteiger partial charge in [-0.05, 0) is 25.2 Å². The van der Waals surface area contributed by atoms with E-state index < -0.39 is 0 Å². The van der Waals surface area contributed by atoms with Gasteiger partial charge in [0, 0.05) is 19.6 Å². The minimum Gasteiger partial charge on any atom is -0.466 e. The lowest BCUT2D eigenvalue weighted by Crippen LogP contribution is -2.12. The average Bonchev–Trinajstić information content (AvgIpc) is 2.86. The minimum absolute atomic E-state index is 0.119. The molecule has 0 aromatic rings. The van der Waals surface area contributed by atoms with Crippen LogP contribution in [0.4, 0.5) is 0 Å². The van der Waals surface area contributed by atoms with E-state index in [1.165, 1.54) is 70.6 Å². The normalized spacial score (nSPS) is 11.4. The number of rotatable bonds is 30. The zero-order chi connectivity index (χ0) is 26.4. The van der Waals surface area contributed by atoms with Crippen LogP contribution >= 0.6 is 0 Å². The van der Waals surface area contributed by atoms with Crippen LogP contribution in [0.25, 0.3) is 0 Å². The summed E-state index contributed by atoms with van der Waals surface area (Å²) in [5.74, 6) is 0.659. The van der Waals surface area contributed by atoms with Gasteiger partial charge in [-0.3, -0.25) is 4.79 Å². The number of ether oxygens (including phenoxy) is 5. The Kier molecular flexibility index (Phi) is 29.9. The van der Waals surface area contributed by atoms with Gasteiger partial charge in [-0.25, -0.2) is 0 Å². The number of esters is 1. The summed E-state index contributed by atoms with van der Waals surface area (Å²) in [7, 11) is 0. The number of carbonyl (C=O) groups excluding carboxylic acids is 1. The van der Waals surface area contributed by atoms with E-state index in [-0.39, 0.29) is 5.97 Å². The van der Waals surface area contributed by atoms with Crippen molar-refractivity contribution in [3.8, 4) is 0 Å². The van der Waals surface area contributed by atoms with Crippen molar-refractivity contribution in [2.75, 3.05) is 59.5 Å². The highest BCUT2D eigenvalue weighted by Crippen LogP contribution is 2.10. The third-order valence-corrected chi connectivity index (χ3v) is 6.12. The molecule has 6 nitrogen and oxygen atoms in total. The van der Waals surface area contributed by atoms with Crippen molar-refractivity contribution in [3.63, 3.8) is 0 Å². The molecular weight excluding hydrogens is 456 g/mol. The van der Waals surface area contributed by atoms with Crippen molar-refractivity contribution in [2.24, 2.45) is 5.92 Å². The monoisotopic (exact) mass is 516 g/mol. The van der Waals surface area contributed by atoms with Crippen LogP contribution in [0.1, 0.15) is 124 Å². The molecule has 0 radical (unpaired) electrons. The predicted octanol–water partition coefficient (Wildman–Crippen LogP) is 7.51. The van der Waals surface area contributed by atoms with E-state index in [0.29, 0.717) is 65.7 Å². The lowest BCUT2D eigenvalue weighted by Gasteiger charge is -2.08. The Labute approximate surface area is 223 Å². The number of hydrogen-bond acceptors (Lipinski definition) is 6. The summed E-state index contributed by atoms with van der Waals surface area (Å²) in [5, 5.41) is 0. The fourth-order valence-corrected chi connectivity index (χ4v) is 3.86. The first kappa shape index (κ1) is 35.3. The SMILES string of the molecule is CCCCCCCCCCCOCCOCCOCCOCCCC(=O)OCCCCCCC(C)C. The second kappa shape index (κ2) is 30.5. The van der Waals surface area contributed by atoms with Gasteiger partial charge in [0.25, 0.3) is 0 Å². The van der Waals surface area contributed by atoms with Crippen LogP contribution < -0.4 is 0 Å². The molecule has 216 valence electrons. The smallest absolute Gasteiger partial charge is 0.305 e. The largest absolute Gasteiger partial charge is 0.466 e. The van der Waals surface area contributed by atoms with Crippen LogP contribution in [0.2, 0.25) is 0 Å². The fraction of sp³-hybridized carbons (Fsp3) is 0.967. The molecule has 0 rings (SSSR count). The molecule has 0 bridgehead atoms. The summed E-state index contributed by atoms with van der Waals surface area (Å²) in [4.78, 5) is 11.7. The van der Waals surface area contributed by atoms with E-state index in [2.05, 4.69) is 20.8 Å². The van der Waals surface area contributed by atoms with Crippen LogP contribution in [-0.4, -0.2) is 65.4 Å². The maximum Gasteiger partial charge on any atom is 0.305 e. The predicted molar refractivity (Wildman–Crippen MR) is 149 cm³/mol. The molecule has 0 N–H and O–H groups in total. The van der Waals surface area contributed by atoms with Crippen molar-refractivity contribution in [3.05, 3.63) is 0 Å². The molecular formula is C30H60O6. The minimum atomic E-state index is -0.119. The van der Waals surface area contributed by atoms with Gasteiger partial charge in [0.05, 0.1) is 46.2 Å². The van der Waals surface area contributed by atoms with Gasteiger partial charge in [0.1, 0.15) is 0 Å². The third-order valence-electron chi connectivity index (χ3n) is 6.12. The van der Waals surface area contributed by atoms with Gasteiger partial charge in [-0.15, -0.1) is 0 Å². The molecule has 0 aromatic carbocycles. The molecule has 0 spiro atoms. The Hall–Kier alpha value is -0.690. The molecule has 0 amide bonds. The van der Waals surface area contributed by atoms with E-state index in [1.54, 1.807) is 0 Å². The maximum atomic E-state index is 11.7. The Morgan fingerprint density at radius 2 is 0.917 bits per heavy atom. The summed E-state index contributed by atoms with van der Waals surface area (Å²) in [6, 6.07) is 0. The zero-order valence-corrected chi connectivity index (χ0v) is 24.2. The maximum absolute atomic E-state index is 11.7. The Balaban J connectivity index is 3.12. The molecule has 0 atom stereocenters. The molecule has 0 saturated heterocycles. The Bertz CT molecular complexity index is 430. The lowest BCUT2D eigenvalue weighted by atomic mass is 10.0. The molecule has 0 unspecified atom stereocenters. The van der Waals surface area contributed by atoms with Crippen molar-refractivity contribution < 1.29 is 28.5 Å².